The van der Waals surface area contributed by atoms with Gasteiger partial charge in [-0.05, 0) is 62.1 Å². The van der Waals surface area contributed by atoms with Gasteiger partial charge in [0.25, 0.3) is 0 Å². The molecule has 1 heterocycles. The third kappa shape index (κ3) is 3.50. The zero-order valence-corrected chi connectivity index (χ0v) is 15.8. The molecule has 1 saturated heterocycles. The van der Waals surface area contributed by atoms with Gasteiger partial charge in [-0.15, -0.1) is 24.0 Å². The Labute approximate surface area is 155 Å². The van der Waals surface area contributed by atoms with Crippen molar-refractivity contribution in [3.05, 3.63) is 29.3 Å². The number of fused-ring (bicyclic) bond motifs is 2. The fourth-order valence-corrected chi connectivity index (χ4v) is 4.16. The highest BCUT2D eigenvalue weighted by molar-refractivity contribution is 14.0. The summed E-state index contributed by atoms with van der Waals surface area (Å²) in [5.41, 5.74) is 10.2. The summed E-state index contributed by atoms with van der Waals surface area (Å²) in [6.45, 7) is 0.918. The standard InChI is InChI=1S/C18H25N3O.HI/c19-18(21-16-11-17-14(16)8-4-10-22-17)20-15-9-3-6-12-5-1-2-7-13(12)15;/h3,6,9,14,16-17H,1-2,4-5,7-8,10-11H2,(H3,19,20,21);1H. The molecular formula is C18H26IN3O. The van der Waals surface area contributed by atoms with Crippen LogP contribution >= 0.6 is 24.0 Å². The van der Waals surface area contributed by atoms with Gasteiger partial charge in [0.2, 0.25) is 0 Å². The van der Waals surface area contributed by atoms with E-state index in [1.54, 1.807) is 0 Å². The van der Waals surface area contributed by atoms with E-state index < -0.39 is 0 Å². The van der Waals surface area contributed by atoms with Crippen molar-refractivity contribution >= 4 is 35.6 Å². The summed E-state index contributed by atoms with van der Waals surface area (Å²) in [4.78, 5) is 4.71. The van der Waals surface area contributed by atoms with Crippen molar-refractivity contribution in [2.24, 2.45) is 16.6 Å². The number of aliphatic imine (C=N–C) groups is 1. The van der Waals surface area contributed by atoms with Crippen molar-refractivity contribution in [3.63, 3.8) is 0 Å². The van der Waals surface area contributed by atoms with Gasteiger partial charge >= 0.3 is 0 Å². The first-order chi connectivity index (χ1) is 10.8. The van der Waals surface area contributed by atoms with Gasteiger partial charge in [0, 0.05) is 18.2 Å². The number of aryl methyl sites for hydroxylation is 1. The molecule has 23 heavy (non-hydrogen) atoms. The molecule has 0 amide bonds. The SMILES string of the molecule is I.NC(=NC1CC2OCCCC12)Nc1cccc2c1CCCC2. The highest BCUT2D eigenvalue weighted by Crippen LogP contribution is 2.39. The Morgan fingerprint density at radius 2 is 2.09 bits per heavy atom. The molecule has 2 aliphatic carbocycles. The van der Waals surface area contributed by atoms with Crippen LogP contribution in [-0.2, 0) is 17.6 Å². The molecule has 3 unspecified atom stereocenters. The lowest BCUT2D eigenvalue weighted by Crippen LogP contribution is -2.49. The summed E-state index contributed by atoms with van der Waals surface area (Å²) in [6, 6.07) is 6.83. The van der Waals surface area contributed by atoms with Crippen molar-refractivity contribution in [1.29, 1.82) is 0 Å². The van der Waals surface area contributed by atoms with Gasteiger partial charge in [-0.2, -0.15) is 0 Å². The maximum Gasteiger partial charge on any atom is 0.193 e. The molecule has 126 valence electrons. The summed E-state index contributed by atoms with van der Waals surface area (Å²) < 4.78 is 5.75. The highest BCUT2D eigenvalue weighted by Gasteiger charge is 2.43. The van der Waals surface area contributed by atoms with Crippen LogP contribution in [0.3, 0.4) is 0 Å². The van der Waals surface area contributed by atoms with E-state index >= 15 is 0 Å². The largest absolute Gasteiger partial charge is 0.378 e. The fourth-order valence-electron chi connectivity index (χ4n) is 4.16. The van der Waals surface area contributed by atoms with Gasteiger partial charge in [-0.3, -0.25) is 0 Å². The number of nitrogens with one attached hydrogen (secondary N) is 1. The van der Waals surface area contributed by atoms with E-state index in [1.807, 2.05) is 0 Å². The molecule has 1 aromatic carbocycles. The minimum Gasteiger partial charge on any atom is -0.378 e. The van der Waals surface area contributed by atoms with Crippen molar-refractivity contribution in [1.82, 2.24) is 0 Å². The molecule has 0 spiro atoms. The highest BCUT2D eigenvalue weighted by atomic mass is 127. The van der Waals surface area contributed by atoms with Crippen LogP contribution in [0, 0.1) is 5.92 Å². The molecule has 0 aromatic heterocycles. The van der Waals surface area contributed by atoms with Gasteiger partial charge in [-0.1, -0.05) is 12.1 Å². The first kappa shape index (κ1) is 17.0. The van der Waals surface area contributed by atoms with Crippen LogP contribution in [0.5, 0.6) is 0 Å². The molecule has 1 saturated carbocycles. The van der Waals surface area contributed by atoms with Gasteiger partial charge in [0.1, 0.15) is 0 Å². The van der Waals surface area contributed by atoms with Gasteiger partial charge < -0.3 is 15.8 Å². The Kier molecular flexibility index (Phi) is 5.46. The van der Waals surface area contributed by atoms with Crippen LogP contribution in [0.1, 0.15) is 43.2 Å². The Balaban J connectivity index is 0.00000156. The number of rotatable bonds is 2. The third-order valence-corrected chi connectivity index (χ3v) is 5.42. The average molecular weight is 427 g/mol. The number of nitrogens with zero attached hydrogens (tertiary/aromatic N) is 1. The number of guanidine groups is 1. The normalized spacial score (nSPS) is 29.6. The van der Waals surface area contributed by atoms with Crippen molar-refractivity contribution in [2.45, 2.75) is 57.1 Å². The van der Waals surface area contributed by atoms with E-state index in [0.29, 0.717) is 24.0 Å². The smallest absolute Gasteiger partial charge is 0.193 e. The molecule has 1 aromatic rings. The molecule has 1 aliphatic heterocycles. The molecule has 4 nitrogen and oxygen atoms in total. The molecule has 2 fully saturated rings. The number of benzene rings is 1. The quantitative estimate of drug-likeness (QED) is 0.432. The van der Waals surface area contributed by atoms with Crippen molar-refractivity contribution < 1.29 is 4.74 Å². The number of ether oxygens (including phenoxy) is 1. The van der Waals surface area contributed by atoms with Crippen LogP contribution in [-0.4, -0.2) is 24.7 Å². The Bertz CT molecular complexity index is 590. The van der Waals surface area contributed by atoms with E-state index in [9.17, 15) is 0 Å². The lowest BCUT2D eigenvalue weighted by molar-refractivity contribution is -0.0937. The predicted molar refractivity (Wildman–Crippen MR) is 105 cm³/mol. The summed E-state index contributed by atoms with van der Waals surface area (Å²) >= 11 is 0. The summed E-state index contributed by atoms with van der Waals surface area (Å²) in [5, 5.41) is 3.35. The molecule has 5 heteroatoms. The van der Waals surface area contributed by atoms with Crippen LogP contribution in [0.25, 0.3) is 0 Å². The topological polar surface area (TPSA) is 59.6 Å². The molecule has 3 atom stereocenters. The Morgan fingerprint density at radius 1 is 1.22 bits per heavy atom. The zero-order valence-electron chi connectivity index (χ0n) is 13.5. The second kappa shape index (κ2) is 7.38. The molecule has 3 aliphatic rings. The molecular weight excluding hydrogens is 401 g/mol. The molecule has 0 bridgehead atoms. The van der Waals surface area contributed by atoms with Crippen LogP contribution in [0.2, 0.25) is 0 Å². The number of hydrogen-bond donors (Lipinski definition) is 2. The number of halogens is 1. The predicted octanol–water partition coefficient (Wildman–Crippen LogP) is 3.48. The first-order valence-electron chi connectivity index (χ1n) is 8.64. The monoisotopic (exact) mass is 427 g/mol. The van der Waals surface area contributed by atoms with E-state index in [2.05, 4.69) is 23.5 Å². The summed E-state index contributed by atoms with van der Waals surface area (Å²) in [5.74, 6) is 1.15. The minimum atomic E-state index is 0. The summed E-state index contributed by atoms with van der Waals surface area (Å²) in [7, 11) is 0. The van der Waals surface area contributed by atoms with Crippen LogP contribution < -0.4 is 11.1 Å². The maximum atomic E-state index is 6.17. The third-order valence-electron chi connectivity index (χ3n) is 5.42. The van der Waals surface area contributed by atoms with Crippen LogP contribution in [0.15, 0.2) is 23.2 Å². The van der Waals surface area contributed by atoms with Gasteiger partial charge in [-0.25, -0.2) is 4.99 Å². The fraction of sp³-hybridized carbons (Fsp3) is 0.611. The van der Waals surface area contributed by atoms with Gasteiger partial charge in [0.15, 0.2) is 5.96 Å². The molecule has 0 radical (unpaired) electrons. The zero-order chi connectivity index (χ0) is 14.9. The Morgan fingerprint density at radius 3 is 2.96 bits per heavy atom. The summed E-state index contributed by atoms with van der Waals surface area (Å²) in [6.07, 6.45) is 8.75. The minimum absolute atomic E-state index is 0. The lowest BCUT2D eigenvalue weighted by atomic mass is 9.73. The van der Waals surface area contributed by atoms with Gasteiger partial charge in [0.05, 0.1) is 12.1 Å². The second-order valence-corrected chi connectivity index (χ2v) is 6.81. The van der Waals surface area contributed by atoms with E-state index in [4.69, 9.17) is 15.5 Å². The van der Waals surface area contributed by atoms with E-state index in [1.165, 1.54) is 36.8 Å². The lowest BCUT2D eigenvalue weighted by Gasteiger charge is -2.45. The number of nitrogens with two attached hydrogens (primary N) is 1. The number of hydrogen-bond acceptors (Lipinski definition) is 2. The molecule has 3 N–H and O–H groups in total. The first-order valence-corrected chi connectivity index (χ1v) is 8.64. The second-order valence-electron chi connectivity index (χ2n) is 6.81. The average Bonchev–Trinajstić information content (AvgIpc) is 2.53. The van der Waals surface area contributed by atoms with Crippen molar-refractivity contribution in [3.8, 4) is 0 Å². The van der Waals surface area contributed by atoms with Crippen molar-refractivity contribution in [2.75, 3.05) is 11.9 Å². The van der Waals surface area contributed by atoms with E-state index in [0.717, 1.165) is 31.6 Å². The maximum absolute atomic E-state index is 6.17. The number of anilines is 1. The van der Waals surface area contributed by atoms with Crippen LogP contribution in [0.4, 0.5) is 5.69 Å². The molecule has 4 rings (SSSR count). The van der Waals surface area contributed by atoms with E-state index in [-0.39, 0.29) is 24.0 Å². The Hall–Kier alpha value is -0.820.